The summed E-state index contributed by atoms with van der Waals surface area (Å²) in [5, 5.41) is 7.97. The van der Waals surface area contributed by atoms with Gasteiger partial charge in [-0.2, -0.15) is 18.3 Å². The number of nitrogens with one attached hydrogen (secondary N) is 2. The van der Waals surface area contributed by atoms with E-state index < -0.39 is 28.2 Å². The van der Waals surface area contributed by atoms with Gasteiger partial charge in [0.2, 0.25) is 10.0 Å². The molecule has 1 amide bonds. The van der Waals surface area contributed by atoms with E-state index in [1.165, 1.54) is 12.8 Å². The largest absolute Gasteiger partial charge is 0.494 e. The lowest BCUT2D eigenvalue weighted by Crippen LogP contribution is -2.50. The van der Waals surface area contributed by atoms with Crippen molar-refractivity contribution in [1.82, 2.24) is 19.8 Å². The van der Waals surface area contributed by atoms with Crippen LogP contribution in [0.15, 0.2) is 18.2 Å². The Bertz CT molecular complexity index is 1300. The van der Waals surface area contributed by atoms with Gasteiger partial charge in [-0.05, 0) is 54.9 Å². The van der Waals surface area contributed by atoms with Crippen LogP contribution in [-0.4, -0.2) is 43.1 Å². The highest BCUT2D eigenvalue weighted by Crippen LogP contribution is 2.44. The van der Waals surface area contributed by atoms with Gasteiger partial charge in [-0.1, -0.05) is 18.9 Å². The van der Waals surface area contributed by atoms with Crippen LogP contribution in [-0.2, 0) is 41.5 Å². The molecule has 0 unspecified atom stereocenters. The van der Waals surface area contributed by atoms with Crippen molar-refractivity contribution >= 4 is 15.9 Å². The van der Waals surface area contributed by atoms with E-state index in [-0.39, 0.29) is 25.5 Å². The van der Waals surface area contributed by atoms with E-state index >= 15 is 0 Å². The second-order valence-corrected chi connectivity index (χ2v) is 12.2. The lowest BCUT2D eigenvalue weighted by Gasteiger charge is -2.35. The summed E-state index contributed by atoms with van der Waals surface area (Å²) in [6, 6.07) is 5.45. The van der Waals surface area contributed by atoms with Gasteiger partial charge < -0.3 is 10.1 Å². The Morgan fingerprint density at radius 1 is 1.30 bits per heavy atom. The molecule has 1 saturated carbocycles. The number of halogens is 3. The Morgan fingerprint density at radius 3 is 2.78 bits per heavy atom. The summed E-state index contributed by atoms with van der Waals surface area (Å²) >= 11 is 0. The molecule has 37 heavy (non-hydrogen) atoms. The van der Waals surface area contributed by atoms with Crippen molar-refractivity contribution in [3.05, 3.63) is 46.3 Å². The highest BCUT2D eigenvalue weighted by atomic mass is 32.2. The number of hydrogen-bond acceptors (Lipinski definition) is 5. The molecule has 1 atom stereocenters. The first-order chi connectivity index (χ1) is 17.4. The molecule has 8 nitrogen and oxygen atoms in total. The van der Waals surface area contributed by atoms with Crippen LogP contribution >= 0.6 is 0 Å². The summed E-state index contributed by atoms with van der Waals surface area (Å²) in [6.45, 7) is 0.606. The summed E-state index contributed by atoms with van der Waals surface area (Å²) in [5.74, 6) is 0.896. The SMILES string of the molecule is CS(=O)(=O)NCc1c2c(nn1CCC1CC1)C[C@]1(CCc3cc(OCCCC(F)(F)F)ccc31)NC2=O. The van der Waals surface area contributed by atoms with Crippen molar-refractivity contribution in [1.29, 1.82) is 0 Å². The maximum absolute atomic E-state index is 13.4. The van der Waals surface area contributed by atoms with E-state index in [0.29, 0.717) is 54.4 Å². The molecular formula is C25H31F3N4O4S. The minimum absolute atomic E-state index is 0.00211. The van der Waals surface area contributed by atoms with Crippen LogP contribution in [0.25, 0.3) is 0 Å². The van der Waals surface area contributed by atoms with Crippen molar-refractivity contribution in [2.24, 2.45) is 5.92 Å². The summed E-state index contributed by atoms with van der Waals surface area (Å²) < 4.78 is 70.5. The van der Waals surface area contributed by atoms with Gasteiger partial charge in [-0.25, -0.2) is 13.1 Å². The zero-order valence-electron chi connectivity index (χ0n) is 20.7. The molecule has 0 radical (unpaired) electrons. The summed E-state index contributed by atoms with van der Waals surface area (Å²) in [4.78, 5) is 13.4. The van der Waals surface area contributed by atoms with E-state index in [2.05, 4.69) is 10.0 Å². The number of sulfonamides is 1. The van der Waals surface area contributed by atoms with Crippen LogP contribution in [0.4, 0.5) is 13.2 Å². The molecule has 1 aromatic heterocycles. The molecule has 1 spiro atoms. The van der Waals surface area contributed by atoms with Crippen LogP contribution in [0.1, 0.15) is 71.4 Å². The summed E-state index contributed by atoms with van der Waals surface area (Å²) in [6.07, 6.45) is 1.04. The molecule has 1 aliphatic heterocycles. The van der Waals surface area contributed by atoms with Gasteiger partial charge in [-0.3, -0.25) is 9.48 Å². The third-order valence-corrected chi connectivity index (χ3v) is 8.08. The van der Waals surface area contributed by atoms with E-state index in [1.54, 1.807) is 10.7 Å². The molecule has 1 fully saturated rings. The average Bonchev–Trinajstić information content (AvgIpc) is 3.48. The molecule has 2 N–H and O–H groups in total. The first-order valence-electron chi connectivity index (χ1n) is 12.6. The molecule has 2 aliphatic carbocycles. The van der Waals surface area contributed by atoms with Crippen LogP contribution in [0.2, 0.25) is 0 Å². The molecule has 12 heteroatoms. The van der Waals surface area contributed by atoms with Gasteiger partial charge in [0.25, 0.3) is 5.91 Å². The number of aryl methyl sites for hydroxylation is 2. The summed E-state index contributed by atoms with van der Waals surface area (Å²) in [5.41, 5.74) is 2.99. The average molecular weight is 541 g/mol. The van der Waals surface area contributed by atoms with Gasteiger partial charge in [-0.15, -0.1) is 0 Å². The number of fused-ring (bicyclic) bond motifs is 3. The highest BCUT2D eigenvalue weighted by Gasteiger charge is 2.46. The van der Waals surface area contributed by atoms with E-state index in [4.69, 9.17) is 9.84 Å². The third kappa shape index (κ3) is 5.95. The maximum Gasteiger partial charge on any atom is 0.389 e. The Balaban J connectivity index is 1.36. The number of carbonyl (C=O) groups is 1. The number of aromatic nitrogens is 2. The molecule has 1 aromatic carbocycles. The molecule has 0 saturated heterocycles. The van der Waals surface area contributed by atoms with Gasteiger partial charge in [0, 0.05) is 19.4 Å². The quantitative estimate of drug-likeness (QED) is 0.449. The van der Waals surface area contributed by atoms with Gasteiger partial charge in [0.15, 0.2) is 0 Å². The Kier molecular flexibility index (Phi) is 6.76. The second-order valence-electron chi connectivity index (χ2n) is 10.4. The van der Waals surface area contributed by atoms with Crippen molar-refractivity contribution in [3.8, 4) is 5.75 Å². The number of nitrogens with zero attached hydrogens (tertiary/aromatic N) is 2. The molecule has 5 rings (SSSR count). The fraction of sp³-hybridized carbons (Fsp3) is 0.600. The van der Waals surface area contributed by atoms with Crippen molar-refractivity contribution in [2.45, 2.75) is 76.2 Å². The third-order valence-electron chi connectivity index (χ3n) is 7.41. The van der Waals surface area contributed by atoms with E-state index in [1.807, 2.05) is 12.1 Å². The predicted molar refractivity (Wildman–Crippen MR) is 130 cm³/mol. The molecule has 2 aromatic rings. The van der Waals surface area contributed by atoms with Crippen LogP contribution in [0, 0.1) is 5.92 Å². The minimum Gasteiger partial charge on any atom is -0.494 e. The first-order valence-corrected chi connectivity index (χ1v) is 14.5. The molecule has 3 aliphatic rings. The highest BCUT2D eigenvalue weighted by molar-refractivity contribution is 7.88. The minimum atomic E-state index is -4.20. The van der Waals surface area contributed by atoms with Gasteiger partial charge >= 0.3 is 6.18 Å². The van der Waals surface area contributed by atoms with E-state index in [9.17, 15) is 26.4 Å². The lowest BCUT2D eigenvalue weighted by molar-refractivity contribution is -0.136. The zero-order valence-corrected chi connectivity index (χ0v) is 21.5. The van der Waals surface area contributed by atoms with Crippen LogP contribution in [0.5, 0.6) is 5.75 Å². The molecule has 2 heterocycles. The molecule has 0 bridgehead atoms. The zero-order chi connectivity index (χ0) is 26.4. The van der Waals surface area contributed by atoms with Crippen LogP contribution < -0.4 is 14.8 Å². The van der Waals surface area contributed by atoms with Crippen molar-refractivity contribution in [3.63, 3.8) is 0 Å². The van der Waals surface area contributed by atoms with E-state index in [0.717, 1.165) is 23.8 Å². The van der Waals surface area contributed by atoms with Crippen molar-refractivity contribution in [2.75, 3.05) is 12.9 Å². The lowest BCUT2D eigenvalue weighted by atomic mass is 9.82. The number of benzene rings is 1. The fourth-order valence-corrected chi connectivity index (χ4v) is 5.81. The number of hydrogen-bond donors (Lipinski definition) is 2. The number of ether oxygens (including phenoxy) is 1. The Morgan fingerprint density at radius 2 is 2.08 bits per heavy atom. The number of amides is 1. The maximum atomic E-state index is 13.4. The Hall–Kier alpha value is -2.60. The normalized spacial score (nSPS) is 21.1. The standard InChI is InChI=1S/C25H31F3N4O4S/c1-37(34,35)29-15-21-22-20(31-32(21)11-8-16-3-4-16)14-24(30-23(22)33)10-7-17-13-18(5-6-19(17)24)36-12-2-9-25(26,27)28/h5-6,13,16,29H,2-4,7-12,14-15H2,1H3,(H,30,33)/t24-/m0/s1. The Labute approximate surface area is 214 Å². The smallest absolute Gasteiger partial charge is 0.389 e. The monoisotopic (exact) mass is 540 g/mol. The second kappa shape index (κ2) is 9.61. The number of alkyl halides is 3. The van der Waals surface area contributed by atoms with Crippen LogP contribution in [0.3, 0.4) is 0 Å². The predicted octanol–water partition coefficient (Wildman–Crippen LogP) is 3.58. The topological polar surface area (TPSA) is 102 Å². The fourth-order valence-electron chi connectivity index (χ4n) is 5.42. The number of carbonyl (C=O) groups excluding carboxylic acids is 1. The molecular weight excluding hydrogens is 509 g/mol. The first kappa shape index (κ1) is 26.0. The van der Waals surface area contributed by atoms with Gasteiger partial charge in [0.1, 0.15) is 5.75 Å². The van der Waals surface area contributed by atoms with Crippen molar-refractivity contribution < 1.29 is 31.1 Å². The van der Waals surface area contributed by atoms with Gasteiger partial charge in [0.05, 0.1) is 41.9 Å². The summed E-state index contributed by atoms with van der Waals surface area (Å²) in [7, 11) is -3.45. The molecule has 202 valence electrons. The number of rotatable bonds is 10.